The summed E-state index contributed by atoms with van der Waals surface area (Å²) in [5.41, 5.74) is 1.95. The molecule has 19 heavy (non-hydrogen) atoms. The fourth-order valence-corrected chi connectivity index (χ4v) is 3.56. The molecule has 0 atom stereocenters. The molecule has 1 heterocycles. The molecule has 1 amide bonds. The average molecular weight is 291 g/mol. The van der Waals surface area contributed by atoms with Gasteiger partial charge in [0, 0.05) is 5.54 Å². The maximum Gasteiger partial charge on any atom is 0.266 e. The van der Waals surface area contributed by atoms with Gasteiger partial charge in [-0.15, -0.1) is 0 Å². The van der Waals surface area contributed by atoms with Gasteiger partial charge in [-0.25, -0.2) is 0 Å². The first-order valence-electron chi connectivity index (χ1n) is 6.14. The Balaban J connectivity index is 2.37. The van der Waals surface area contributed by atoms with E-state index in [1.165, 1.54) is 11.8 Å². The second-order valence-corrected chi connectivity index (χ2v) is 7.22. The van der Waals surface area contributed by atoms with E-state index in [4.69, 9.17) is 12.2 Å². The number of rotatable bonds is 1. The van der Waals surface area contributed by atoms with Crippen molar-refractivity contribution in [2.24, 2.45) is 0 Å². The monoisotopic (exact) mass is 291 g/mol. The third-order valence-electron chi connectivity index (χ3n) is 2.94. The van der Waals surface area contributed by atoms with Crippen molar-refractivity contribution in [2.75, 3.05) is 0 Å². The Hall–Kier alpha value is -1.13. The van der Waals surface area contributed by atoms with E-state index < -0.39 is 0 Å². The predicted octanol–water partition coefficient (Wildman–Crippen LogP) is 3.99. The molecule has 2 nitrogen and oxygen atoms in total. The smallest absolute Gasteiger partial charge is 0.266 e. The summed E-state index contributed by atoms with van der Waals surface area (Å²) in [6.07, 6.45) is 1.93. The van der Waals surface area contributed by atoms with Crippen LogP contribution in [-0.4, -0.2) is 20.7 Å². The van der Waals surface area contributed by atoms with Crippen molar-refractivity contribution in [3.8, 4) is 0 Å². The average Bonchev–Trinajstić information content (AvgIpc) is 2.56. The van der Waals surface area contributed by atoms with E-state index in [9.17, 15) is 4.79 Å². The van der Waals surface area contributed by atoms with Gasteiger partial charge in [0.15, 0.2) is 0 Å². The molecule has 0 unspecified atom stereocenters. The van der Waals surface area contributed by atoms with Crippen molar-refractivity contribution >= 4 is 40.3 Å². The highest BCUT2D eigenvalue weighted by molar-refractivity contribution is 8.26. The number of amides is 1. The van der Waals surface area contributed by atoms with Crippen LogP contribution >= 0.6 is 24.0 Å². The van der Waals surface area contributed by atoms with E-state index in [2.05, 4.69) is 0 Å². The number of aryl methyl sites for hydroxylation is 1. The Labute approximate surface area is 123 Å². The van der Waals surface area contributed by atoms with Crippen LogP contribution in [0, 0.1) is 6.92 Å². The lowest BCUT2D eigenvalue weighted by molar-refractivity contribution is -0.125. The second kappa shape index (κ2) is 5.10. The zero-order chi connectivity index (χ0) is 14.2. The number of hydrogen-bond acceptors (Lipinski definition) is 3. The summed E-state index contributed by atoms with van der Waals surface area (Å²) in [6.45, 7) is 8.02. The van der Waals surface area contributed by atoms with E-state index in [0.717, 1.165) is 11.1 Å². The second-order valence-electron chi connectivity index (χ2n) is 5.54. The van der Waals surface area contributed by atoms with Gasteiger partial charge in [-0.1, -0.05) is 48.2 Å². The van der Waals surface area contributed by atoms with Crippen LogP contribution in [-0.2, 0) is 4.79 Å². The molecular formula is C15H17NOS2. The Morgan fingerprint density at radius 2 is 1.89 bits per heavy atom. The molecule has 1 aliphatic rings. The van der Waals surface area contributed by atoms with Gasteiger partial charge in [-0.05, 0) is 44.9 Å². The molecule has 0 radical (unpaired) electrons. The van der Waals surface area contributed by atoms with Gasteiger partial charge in [0.1, 0.15) is 4.32 Å². The molecule has 0 N–H and O–H groups in total. The highest BCUT2D eigenvalue weighted by atomic mass is 32.2. The van der Waals surface area contributed by atoms with Crippen molar-refractivity contribution in [1.82, 2.24) is 4.90 Å². The zero-order valence-corrected chi connectivity index (χ0v) is 13.2. The van der Waals surface area contributed by atoms with Crippen LogP contribution in [0.25, 0.3) is 6.08 Å². The summed E-state index contributed by atoms with van der Waals surface area (Å²) in [5, 5.41) is 0. The van der Waals surface area contributed by atoms with Crippen LogP contribution in [0.2, 0.25) is 0 Å². The van der Waals surface area contributed by atoms with Gasteiger partial charge in [0.05, 0.1) is 4.91 Å². The molecule has 0 saturated carbocycles. The van der Waals surface area contributed by atoms with Crippen LogP contribution in [0.1, 0.15) is 31.9 Å². The lowest BCUT2D eigenvalue weighted by atomic mass is 10.1. The highest BCUT2D eigenvalue weighted by Crippen LogP contribution is 2.37. The lowest BCUT2D eigenvalue weighted by Gasteiger charge is -2.30. The quantitative estimate of drug-likeness (QED) is 0.576. The van der Waals surface area contributed by atoms with E-state index in [1.807, 2.05) is 58.0 Å². The molecule has 1 saturated heterocycles. The summed E-state index contributed by atoms with van der Waals surface area (Å²) in [4.78, 5) is 14.8. The molecule has 4 heteroatoms. The predicted molar refractivity (Wildman–Crippen MR) is 85.9 cm³/mol. The third kappa shape index (κ3) is 2.90. The molecule has 2 rings (SSSR count). The number of thiocarbonyl (C=S) groups is 1. The number of hydrogen-bond donors (Lipinski definition) is 0. The maximum absolute atomic E-state index is 12.4. The van der Waals surface area contributed by atoms with Crippen LogP contribution < -0.4 is 0 Å². The number of nitrogens with zero attached hydrogens (tertiary/aromatic N) is 1. The van der Waals surface area contributed by atoms with Crippen LogP contribution in [0.15, 0.2) is 29.2 Å². The van der Waals surface area contributed by atoms with Crippen molar-refractivity contribution in [3.63, 3.8) is 0 Å². The van der Waals surface area contributed by atoms with Gasteiger partial charge in [0.2, 0.25) is 0 Å². The summed E-state index contributed by atoms with van der Waals surface area (Å²) in [5.74, 6) is 0.00533. The number of carbonyl (C=O) groups is 1. The number of thioether (sulfide) groups is 1. The molecule has 0 aromatic heterocycles. The first-order valence-corrected chi connectivity index (χ1v) is 7.37. The molecule has 0 aliphatic carbocycles. The topological polar surface area (TPSA) is 20.3 Å². The van der Waals surface area contributed by atoms with Crippen LogP contribution in [0.4, 0.5) is 0 Å². The Morgan fingerprint density at radius 1 is 1.26 bits per heavy atom. The molecule has 1 aromatic rings. The van der Waals surface area contributed by atoms with Crippen LogP contribution in [0.3, 0.4) is 0 Å². The largest absolute Gasteiger partial charge is 0.288 e. The van der Waals surface area contributed by atoms with Gasteiger partial charge < -0.3 is 0 Å². The summed E-state index contributed by atoms with van der Waals surface area (Å²) in [7, 11) is 0. The van der Waals surface area contributed by atoms with E-state index in [0.29, 0.717) is 9.23 Å². The van der Waals surface area contributed by atoms with E-state index in [1.54, 1.807) is 4.90 Å². The zero-order valence-electron chi connectivity index (χ0n) is 11.6. The standard InChI is InChI=1S/C15H17NOS2/c1-10-7-5-6-8-11(10)9-12-13(17)16(14(18)19-12)15(2,3)4/h5-9H,1-4H3. The van der Waals surface area contributed by atoms with Gasteiger partial charge in [0.25, 0.3) is 5.91 Å². The van der Waals surface area contributed by atoms with Crippen molar-refractivity contribution in [3.05, 3.63) is 40.3 Å². The van der Waals surface area contributed by atoms with Crippen molar-refractivity contribution in [2.45, 2.75) is 33.2 Å². The van der Waals surface area contributed by atoms with Gasteiger partial charge in [-0.3, -0.25) is 9.69 Å². The first-order chi connectivity index (χ1) is 8.80. The Kier molecular flexibility index (Phi) is 3.83. The molecule has 1 fully saturated rings. The summed E-state index contributed by atoms with van der Waals surface area (Å²) < 4.78 is 0.636. The molecule has 0 spiro atoms. The fourth-order valence-electron chi connectivity index (χ4n) is 1.94. The molecule has 1 aliphatic heterocycles. The summed E-state index contributed by atoms with van der Waals surface area (Å²) in [6, 6.07) is 8.02. The SMILES string of the molecule is Cc1ccccc1C=C1SC(=S)N(C(C)(C)C)C1=O. The van der Waals surface area contributed by atoms with Crippen molar-refractivity contribution in [1.29, 1.82) is 0 Å². The molecular weight excluding hydrogens is 274 g/mol. The third-order valence-corrected chi connectivity index (χ3v) is 4.24. The normalized spacial score (nSPS) is 18.5. The number of benzene rings is 1. The minimum Gasteiger partial charge on any atom is -0.288 e. The first kappa shape index (κ1) is 14.3. The summed E-state index contributed by atoms with van der Waals surface area (Å²) >= 11 is 6.70. The van der Waals surface area contributed by atoms with E-state index in [-0.39, 0.29) is 11.4 Å². The fraction of sp³-hybridized carbons (Fsp3) is 0.333. The van der Waals surface area contributed by atoms with Crippen molar-refractivity contribution < 1.29 is 4.79 Å². The van der Waals surface area contributed by atoms with Gasteiger partial charge in [-0.2, -0.15) is 0 Å². The van der Waals surface area contributed by atoms with E-state index >= 15 is 0 Å². The van der Waals surface area contributed by atoms with Crippen LogP contribution in [0.5, 0.6) is 0 Å². The molecule has 100 valence electrons. The Bertz CT molecular complexity index is 570. The molecule has 1 aromatic carbocycles. The number of carbonyl (C=O) groups excluding carboxylic acids is 1. The highest BCUT2D eigenvalue weighted by Gasteiger charge is 2.38. The Morgan fingerprint density at radius 3 is 2.42 bits per heavy atom. The minimum absolute atomic E-state index is 0.00533. The minimum atomic E-state index is -0.275. The van der Waals surface area contributed by atoms with Gasteiger partial charge >= 0.3 is 0 Å². The lowest BCUT2D eigenvalue weighted by Crippen LogP contribution is -2.44. The maximum atomic E-state index is 12.4. The molecule has 0 bridgehead atoms.